The van der Waals surface area contributed by atoms with E-state index in [1.54, 1.807) is 38.1 Å². The fraction of sp³-hybridized carbons (Fsp3) is 0.375. The fourth-order valence-electron chi connectivity index (χ4n) is 3.92. The highest BCUT2D eigenvalue weighted by atomic mass is 16.5. The lowest BCUT2D eigenvalue weighted by Crippen LogP contribution is -2.58. The minimum atomic E-state index is -1.06. The summed E-state index contributed by atoms with van der Waals surface area (Å²) in [5, 5.41) is 14.2. The Morgan fingerprint density at radius 2 is 1.61 bits per heavy atom. The molecule has 2 aromatic rings. The Bertz CT molecular complexity index is 1020. The maximum atomic E-state index is 13.5. The second-order valence-corrected chi connectivity index (χ2v) is 8.63. The molecule has 9 nitrogen and oxygen atoms in total. The zero-order chi connectivity index (χ0) is 24.3. The molecule has 2 aromatic carbocycles. The van der Waals surface area contributed by atoms with Crippen molar-refractivity contribution in [1.82, 2.24) is 9.96 Å². The summed E-state index contributed by atoms with van der Waals surface area (Å²) in [6.07, 6.45) is -1.07. The van der Waals surface area contributed by atoms with E-state index in [-0.39, 0.29) is 13.0 Å². The molecule has 1 aliphatic rings. The van der Waals surface area contributed by atoms with Crippen LogP contribution in [0.5, 0.6) is 0 Å². The third-order valence-corrected chi connectivity index (χ3v) is 5.83. The van der Waals surface area contributed by atoms with Crippen LogP contribution in [-0.4, -0.2) is 58.6 Å². The Morgan fingerprint density at radius 3 is 2.15 bits per heavy atom. The summed E-state index contributed by atoms with van der Waals surface area (Å²) in [4.78, 5) is 41.0. The van der Waals surface area contributed by atoms with Crippen molar-refractivity contribution in [1.29, 1.82) is 0 Å². The normalized spacial score (nSPS) is 17.2. The number of carbonyl (C=O) groups is 3. The molecule has 2 N–H and O–H groups in total. The zero-order valence-electron chi connectivity index (χ0n) is 19.5. The van der Waals surface area contributed by atoms with Gasteiger partial charge in [-0.1, -0.05) is 35.4 Å². The number of hydrogen-bond donors (Lipinski definition) is 2. The summed E-state index contributed by atoms with van der Waals surface area (Å²) < 4.78 is 4.71. The van der Waals surface area contributed by atoms with Crippen LogP contribution in [0, 0.1) is 13.8 Å². The average Bonchev–Trinajstić information content (AvgIpc) is 2.98. The lowest BCUT2D eigenvalue weighted by Gasteiger charge is -2.38. The number of methoxy groups -OCH3 is 1. The molecule has 0 spiro atoms. The number of aryl methyl sites for hydroxylation is 2. The van der Waals surface area contributed by atoms with Gasteiger partial charge >= 0.3 is 18.0 Å². The first-order chi connectivity index (χ1) is 15.6. The maximum Gasteiger partial charge on any atom is 0.347 e. The second kappa shape index (κ2) is 9.50. The van der Waals surface area contributed by atoms with Crippen LogP contribution >= 0.6 is 0 Å². The van der Waals surface area contributed by atoms with Crippen molar-refractivity contribution in [2.24, 2.45) is 0 Å². The highest BCUT2D eigenvalue weighted by Gasteiger charge is 2.56. The monoisotopic (exact) mass is 454 g/mol. The van der Waals surface area contributed by atoms with Crippen LogP contribution in [0.3, 0.4) is 0 Å². The average molecular weight is 455 g/mol. The van der Waals surface area contributed by atoms with Gasteiger partial charge < -0.3 is 15.0 Å². The van der Waals surface area contributed by atoms with Crippen LogP contribution in [0.15, 0.2) is 48.5 Å². The molecule has 0 bridgehead atoms. The number of carbonyl (C=O) groups excluding carboxylic acids is 3. The van der Waals surface area contributed by atoms with Crippen LogP contribution in [-0.2, 0) is 9.53 Å². The topological polar surface area (TPSA) is 102 Å². The molecule has 0 radical (unpaired) electrons. The number of hydroxylamine groups is 2. The van der Waals surface area contributed by atoms with Gasteiger partial charge in [-0.3, -0.25) is 14.9 Å². The molecular weight excluding hydrogens is 424 g/mol. The van der Waals surface area contributed by atoms with E-state index < -0.39 is 29.7 Å². The number of anilines is 2. The van der Waals surface area contributed by atoms with Crippen LogP contribution in [0.2, 0.25) is 0 Å². The molecule has 1 fully saturated rings. The van der Waals surface area contributed by atoms with E-state index in [0.717, 1.165) is 11.1 Å². The van der Waals surface area contributed by atoms with Gasteiger partial charge in [-0.15, -0.1) is 0 Å². The van der Waals surface area contributed by atoms with E-state index in [9.17, 15) is 19.6 Å². The van der Waals surface area contributed by atoms with Gasteiger partial charge in [0, 0.05) is 17.9 Å². The van der Waals surface area contributed by atoms with Gasteiger partial charge in [0.1, 0.15) is 0 Å². The van der Waals surface area contributed by atoms with Gasteiger partial charge in [-0.2, -0.15) is 5.06 Å². The second-order valence-electron chi connectivity index (χ2n) is 8.63. The molecule has 33 heavy (non-hydrogen) atoms. The van der Waals surface area contributed by atoms with Gasteiger partial charge in [0.15, 0.2) is 6.17 Å². The van der Waals surface area contributed by atoms with Crippen LogP contribution < -0.4 is 10.2 Å². The summed E-state index contributed by atoms with van der Waals surface area (Å²) in [7, 11) is 1.28. The van der Waals surface area contributed by atoms with Crippen molar-refractivity contribution >= 4 is 29.4 Å². The van der Waals surface area contributed by atoms with Crippen LogP contribution in [0.4, 0.5) is 21.0 Å². The number of nitrogens with zero attached hydrogens (tertiary/aromatic N) is 3. The Morgan fingerprint density at radius 1 is 1.06 bits per heavy atom. The van der Waals surface area contributed by atoms with E-state index in [2.05, 4.69) is 5.32 Å². The quantitative estimate of drug-likeness (QED) is 0.388. The van der Waals surface area contributed by atoms with Crippen molar-refractivity contribution in [2.45, 2.75) is 45.8 Å². The number of esters is 1. The first-order valence-electron chi connectivity index (χ1n) is 10.7. The SMILES string of the molecule is COC(=O)CCN1C(=O)N(c2ccc(C)cc2)[C@@H](N(O)C(=O)Nc2ccc(C)cc2)C1(C)C. The van der Waals surface area contributed by atoms with Crippen molar-refractivity contribution in [2.75, 3.05) is 23.9 Å². The smallest absolute Gasteiger partial charge is 0.347 e. The molecule has 176 valence electrons. The number of benzene rings is 2. The Kier molecular flexibility index (Phi) is 6.92. The fourth-order valence-corrected chi connectivity index (χ4v) is 3.92. The predicted octanol–water partition coefficient (Wildman–Crippen LogP) is 4.14. The van der Waals surface area contributed by atoms with E-state index in [1.165, 1.54) is 16.9 Å². The number of hydrogen-bond acceptors (Lipinski definition) is 5. The number of amides is 4. The molecule has 4 amide bonds. The molecule has 3 rings (SSSR count). The zero-order valence-corrected chi connectivity index (χ0v) is 19.5. The first kappa shape index (κ1) is 24.1. The summed E-state index contributed by atoms with van der Waals surface area (Å²) in [5.74, 6) is -0.457. The van der Waals surface area contributed by atoms with Gasteiger partial charge in [-0.25, -0.2) is 9.59 Å². The number of ether oxygens (including phenoxy) is 1. The van der Waals surface area contributed by atoms with Gasteiger partial charge in [0.25, 0.3) is 0 Å². The molecule has 1 aliphatic heterocycles. The molecule has 9 heteroatoms. The standard InChI is InChI=1S/C24H30N4O5/c1-16-6-10-18(11-7-16)25-22(30)28(32)21-24(3,4)26(15-14-20(29)33-5)23(31)27(21)19-12-8-17(2)9-13-19/h6-13,21,32H,14-15H2,1-5H3,(H,25,30)/t21-/m0/s1. The Labute approximate surface area is 193 Å². The predicted molar refractivity (Wildman–Crippen MR) is 124 cm³/mol. The molecule has 0 aromatic heterocycles. The van der Waals surface area contributed by atoms with Crippen molar-refractivity contribution in [3.63, 3.8) is 0 Å². The first-order valence-corrected chi connectivity index (χ1v) is 10.7. The van der Waals surface area contributed by atoms with Gasteiger partial charge in [0.2, 0.25) is 0 Å². The lowest BCUT2D eigenvalue weighted by atomic mass is 9.99. The Balaban J connectivity index is 1.95. The van der Waals surface area contributed by atoms with Gasteiger partial charge in [-0.05, 0) is 52.0 Å². The summed E-state index contributed by atoms with van der Waals surface area (Å²) in [6, 6.07) is 13.1. The molecule has 0 saturated carbocycles. The molecule has 1 heterocycles. The number of urea groups is 2. The third-order valence-electron chi connectivity index (χ3n) is 5.83. The van der Waals surface area contributed by atoms with Crippen molar-refractivity contribution in [3.8, 4) is 0 Å². The van der Waals surface area contributed by atoms with E-state index in [1.807, 2.05) is 38.1 Å². The maximum absolute atomic E-state index is 13.5. The Hall–Kier alpha value is -3.59. The molecular formula is C24H30N4O5. The van der Waals surface area contributed by atoms with E-state index in [4.69, 9.17) is 4.74 Å². The number of nitrogens with one attached hydrogen (secondary N) is 1. The largest absolute Gasteiger partial charge is 0.469 e. The van der Waals surface area contributed by atoms with Crippen LogP contribution in [0.1, 0.15) is 31.4 Å². The summed E-state index contributed by atoms with van der Waals surface area (Å²) in [5.41, 5.74) is 2.03. The molecule has 1 atom stereocenters. The van der Waals surface area contributed by atoms with E-state index in [0.29, 0.717) is 16.4 Å². The summed E-state index contributed by atoms with van der Waals surface area (Å²) >= 11 is 0. The van der Waals surface area contributed by atoms with E-state index >= 15 is 0 Å². The van der Waals surface area contributed by atoms with Crippen molar-refractivity contribution in [3.05, 3.63) is 59.7 Å². The molecule has 0 unspecified atom stereocenters. The molecule has 1 saturated heterocycles. The van der Waals surface area contributed by atoms with Crippen LogP contribution in [0.25, 0.3) is 0 Å². The minimum Gasteiger partial charge on any atom is -0.469 e. The lowest BCUT2D eigenvalue weighted by molar-refractivity contribution is -0.141. The molecule has 0 aliphatic carbocycles. The number of rotatable bonds is 6. The summed E-state index contributed by atoms with van der Waals surface area (Å²) in [6.45, 7) is 7.41. The minimum absolute atomic E-state index is 0.0128. The van der Waals surface area contributed by atoms with Crippen molar-refractivity contribution < 1.29 is 24.3 Å². The van der Waals surface area contributed by atoms with Gasteiger partial charge in [0.05, 0.1) is 19.1 Å². The third kappa shape index (κ3) is 4.93. The highest BCUT2D eigenvalue weighted by Crippen LogP contribution is 2.38. The highest BCUT2D eigenvalue weighted by molar-refractivity contribution is 5.98.